The zero-order valence-corrected chi connectivity index (χ0v) is 12.0. The molecule has 0 bridgehead atoms. The van der Waals surface area contributed by atoms with Crippen LogP contribution in [0.3, 0.4) is 0 Å². The summed E-state index contributed by atoms with van der Waals surface area (Å²) in [7, 11) is 1.78. The van der Waals surface area contributed by atoms with Gasteiger partial charge in [0.15, 0.2) is 0 Å². The van der Waals surface area contributed by atoms with Crippen molar-refractivity contribution >= 4 is 22.4 Å². The number of aromatic nitrogens is 2. The first-order valence-corrected chi connectivity index (χ1v) is 7.20. The van der Waals surface area contributed by atoms with Crippen LogP contribution in [-0.2, 0) is 0 Å². The van der Waals surface area contributed by atoms with Gasteiger partial charge in [0.25, 0.3) is 5.91 Å². The second kappa shape index (κ2) is 5.22. The number of hydrogen-bond donors (Lipinski definition) is 1. The van der Waals surface area contributed by atoms with Crippen molar-refractivity contribution in [2.45, 2.75) is 33.1 Å². The maximum absolute atomic E-state index is 12.2. The minimum Gasteiger partial charge on any atom is -0.363 e. The summed E-state index contributed by atoms with van der Waals surface area (Å²) in [6.07, 6.45) is 3.33. The number of nitrogens with zero attached hydrogens (tertiary/aromatic N) is 3. The van der Waals surface area contributed by atoms with Crippen molar-refractivity contribution in [1.29, 1.82) is 0 Å². The first kappa shape index (κ1) is 13.3. The van der Waals surface area contributed by atoms with Gasteiger partial charge in [0.05, 0.1) is 0 Å². The molecule has 18 heavy (non-hydrogen) atoms. The molecule has 0 atom stereocenters. The third-order valence-corrected chi connectivity index (χ3v) is 4.86. The Balaban J connectivity index is 1.99. The second-order valence-corrected chi connectivity index (χ2v) is 6.10. The van der Waals surface area contributed by atoms with Crippen molar-refractivity contribution < 1.29 is 4.79 Å². The van der Waals surface area contributed by atoms with E-state index < -0.39 is 0 Å². The van der Waals surface area contributed by atoms with Gasteiger partial charge in [0.1, 0.15) is 0 Å². The van der Waals surface area contributed by atoms with Crippen LogP contribution in [0.2, 0.25) is 0 Å². The van der Waals surface area contributed by atoms with E-state index in [1.807, 2.05) is 4.90 Å². The molecule has 1 fully saturated rings. The van der Waals surface area contributed by atoms with Gasteiger partial charge in [0, 0.05) is 20.1 Å². The predicted octanol–water partition coefficient (Wildman–Crippen LogP) is 2.23. The van der Waals surface area contributed by atoms with E-state index in [1.165, 1.54) is 17.8 Å². The van der Waals surface area contributed by atoms with Gasteiger partial charge >= 0.3 is 0 Å². The summed E-state index contributed by atoms with van der Waals surface area (Å²) in [6.45, 7) is 6.19. The topological polar surface area (TPSA) is 58.1 Å². The second-order valence-electron chi connectivity index (χ2n) is 5.12. The molecular weight excluding hydrogens is 248 g/mol. The molecule has 1 saturated heterocycles. The first-order chi connectivity index (χ1) is 8.58. The van der Waals surface area contributed by atoms with E-state index >= 15 is 0 Å². The Morgan fingerprint density at radius 2 is 2.11 bits per heavy atom. The molecule has 5 nitrogen and oxygen atoms in total. The molecule has 0 aromatic carbocycles. The van der Waals surface area contributed by atoms with Crippen LogP contribution in [0.5, 0.6) is 0 Å². The summed E-state index contributed by atoms with van der Waals surface area (Å²) in [6, 6.07) is 0. The fraction of sp³-hybridized carbons (Fsp3) is 0.750. The van der Waals surface area contributed by atoms with Gasteiger partial charge in [0.2, 0.25) is 10.1 Å². The van der Waals surface area contributed by atoms with E-state index in [4.69, 9.17) is 0 Å². The molecule has 0 aliphatic carbocycles. The standard InChI is InChI=1S/C12H20N4OS/c1-4-12(2)5-7-16(8-6-12)10(17)9-14-15-11(13-3)18-9/h4-8H2,1-3H3,(H,13,15). The van der Waals surface area contributed by atoms with E-state index in [-0.39, 0.29) is 5.91 Å². The molecule has 1 N–H and O–H groups in total. The number of nitrogens with one attached hydrogen (secondary N) is 1. The Morgan fingerprint density at radius 3 is 2.61 bits per heavy atom. The number of carbonyl (C=O) groups excluding carboxylic acids is 1. The van der Waals surface area contributed by atoms with Crippen LogP contribution in [0.4, 0.5) is 5.13 Å². The summed E-state index contributed by atoms with van der Waals surface area (Å²) < 4.78 is 0. The molecule has 0 radical (unpaired) electrons. The van der Waals surface area contributed by atoms with E-state index in [9.17, 15) is 4.79 Å². The number of likely N-dealkylation sites (tertiary alicyclic amines) is 1. The zero-order chi connectivity index (χ0) is 13.2. The molecule has 0 saturated carbocycles. The molecule has 1 amide bonds. The van der Waals surface area contributed by atoms with Gasteiger partial charge < -0.3 is 10.2 Å². The fourth-order valence-electron chi connectivity index (χ4n) is 2.15. The molecule has 1 aromatic rings. The van der Waals surface area contributed by atoms with Gasteiger partial charge in [-0.15, -0.1) is 10.2 Å². The summed E-state index contributed by atoms with van der Waals surface area (Å²) in [4.78, 5) is 14.1. The van der Waals surface area contributed by atoms with E-state index in [2.05, 4.69) is 29.4 Å². The third kappa shape index (κ3) is 2.63. The molecule has 2 heterocycles. The van der Waals surface area contributed by atoms with Gasteiger partial charge in [-0.05, 0) is 18.3 Å². The van der Waals surface area contributed by atoms with Crippen molar-refractivity contribution in [2.75, 3.05) is 25.5 Å². The normalized spacial score (nSPS) is 18.7. The maximum atomic E-state index is 12.2. The number of hydrogen-bond acceptors (Lipinski definition) is 5. The van der Waals surface area contributed by atoms with Crippen molar-refractivity contribution in [3.8, 4) is 0 Å². The average molecular weight is 268 g/mol. The highest BCUT2D eigenvalue weighted by atomic mass is 32.1. The Morgan fingerprint density at radius 1 is 1.44 bits per heavy atom. The lowest BCUT2D eigenvalue weighted by molar-refractivity contribution is 0.0599. The number of piperidine rings is 1. The van der Waals surface area contributed by atoms with Crippen LogP contribution in [0.15, 0.2) is 0 Å². The maximum Gasteiger partial charge on any atom is 0.284 e. The highest BCUT2D eigenvalue weighted by Crippen LogP contribution is 2.34. The van der Waals surface area contributed by atoms with Crippen molar-refractivity contribution in [3.05, 3.63) is 5.01 Å². The highest BCUT2D eigenvalue weighted by Gasteiger charge is 2.31. The lowest BCUT2D eigenvalue weighted by Crippen LogP contribution is -2.41. The van der Waals surface area contributed by atoms with Crippen LogP contribution >= 0.6 is 11.3 Å². The molecule has 6 heteroatoms. The zero-order valence-electron chi connectivity index (χ0n) is 11.2. The smallest absolute Gasteiger partial charge is 0.284 e. The molecule has 1 aliphatic rings. The van der Waals surface area contributed by atoms with E-state index in [0.29, 0.717) is 15.6 Å². The molecule has 1 aliphatic heterocycles. The lowest BCUT2D eigenvalue weighted by Gasteiger charge is -2.38. The lowest BCUT2D eigenvalue weighted by atomic mass is 9.78. The molecule has 100 valence electrons. The van der Waals surface area contributed by atoms with E-state index in [1.54, 1.807) is 7.05 Å². The monoisotopic (exact) mass is 268 g/mol. The third-order valence-electron chi connectivity index (χ3n) is 3.93. The Hall–Kier alpha value is -1.17. The van der Waals surface area contributed by atoms with Crippen LogP contribution in [0.1, 0.15) is 42.9 Å². The van der Waals surface area contributed by atoms with Crippen LogP contribution in [-0.4, -0.2) is 41.1 Å². The van der Waals surface area contributed by atoms with Gasteiger partial charge in [-0.2, -0.15) is 0 Å². The minimum absolute atomic E-state index is 0.0205. The Bertz CT molecular complexity index is 423. The van der Waals surface area contributed by atoms with Crippen LogP contribution in [0.25, 0.3) is 0 Å². The number of carbonyl (C=O) groups is 1. The Kier molecular flexibility index (Phi) is 3.85. The molecular formula is C12H20N4OS. The van der Waals surface area contributed by atoms with Crippen LogP contribution in [0, 0.1) is 5.41 Å². The number of anilines is 1. The molecule has 2 rings (SSSR count). The predicted molar refractivity (Wildman–Crippen MR) is 73.0 cm³/mol. The minimum atomic E-state index is 0.0205. The number of rotatable bonds is 3. The van der Waals surface area contributed by atoms with Crippen molar-refractivity contribution in [1.82, 2.24) is 15.1 Å². The van der Waals surface area contributed by atoms with Crippen molar-refractivity contribution in [3.63, 3.8) is 0 Å². The molecule has 0 unspecified atom stereocenters. The quantitative estimate of drug-likeness (QED) is 0.913. The van der Waals surface area contributed by atoms with Crippen LogP contribution < -0.4 is 5.32 Å². The SMILES string of the molecule is CCC1(C)CCN(C(=O)c2nnc(NC)s2)CC1. The van der Waals surface area contributed by atoms with Gasteiger partial charge in [-0.25, -0.2) is 0 Å². The molecule has 0 spiro atoms. The fourth-order valence-corrected chi connectivity index (χ4v) is 2.81. The van der Waals surface area contributed by atoms with Gasteiger partial charge in [-0.3, -0.25) is 4.79 Å². The molecule has 1 aromatic heterocycles. The summed E-state index contributed by atoms with van der Waals surface area (Å²) in [5.74, 6) is 0.0205. The van der Waals surface area contributed by atoms with Gasteiger partial charge in [-0.1, -0.05) is 31.6 Å². The van der Waals surface area contributed by atoms with E-state index in [0.717, 1.165) is 25.9 Å². The number of amides is 1. The Labute approximate surface area is 112 Å². The first-order valence-electron chi connectivity index (χ1n) is 6.38. The largest absolute Gasteiger partial charge is 0.363 e. The average Bonchev–Trinajstić information content (AvgIpc) is 2.87. The summed E-state index contributed by atoms with van der Waals surface area (Å²) in [5, 5.41) is 11.9. The van der Waals surface area contributed by atoms with Crippen molar-refractivity contribution in [2.24, 2.45) is 5.41 Å². The highest BCUT2D eigenvalue weighted by molar-refractivity contribution is 7.17. The summed E-state index contributed by atoms with van der Waals surface area (Å²) >= 11 is 1.32. The summed E-state index contributed by atoms with van der Waals surface area (Å²) in [5.41, 5.74) is 0.397.